The minimum atomic E-state index is -0.999. The van der Waals surface area contributed by atoms with Crippen LogP contribution in [0, 0.1) is 6.92 Å². The van der Waals surface area contributed by atoms with Gasteiger partial charge in [-0.15, -0.1) is 0 Å². The minimum absolute atomic E-state index is 0.112. The summed E-state index contributed by atoms with van der Waals surface area (Å²) in [6, 6.07) is 15.1. The molecule has 1 atom stereocenters. The van der Waals surface area contributed by atoms with E-state index in [2.05, 4.69) is 73.2 Å². The van der Waals surface area contributed by atoms with Crippen molar-refractivity contribution >= 4 is 5.97 Å². The minimum Gasteiger partial charge on any atom is -0.476 e. The first-order valence-electron chi connectivity index (χ1n) is 11.9. The highest BCUT2D eigenvalue weighted by atomic mass is 16.4. The monoisotopic (exact) mass is 443 g/mol. The van der Waals surface area contributed by atoms with Gasteiger partial charge in [0.05, 0.1) is 0 Å². The standard InChI is InChI=1S/C28H33N3O2/c1-5-19-12-9-13-20(6-2)25(19)27-29-18(3)23(26(30-27)28(32)33)17-31(4)24-16-10-14-21-11-7-8-15-22(21)24/h7-9,11-13,15,24H,5-6,10,14,16-17H2,1-4H3,(H,32,33). The maximum Gasteiger partial charge on any atom is 0.354 e. The van der Waals surface area contributed by atoms with Gasteiger partial charge < -0.3 is 5.11 Å². The van der Waals surface area contributed by atoms with Crippen molar-refractivity contribution in [2.75, 3.05) is 7.05 Å². The molecule has 5 nitrogen and oxygen atoms in total. The van der Waals surface area contributed by atoms with Gasteiger partial charge in [-0.2, -0.15) is 0 Å². The Hall–Kier alpha value is -3.05. The van der Waals surface area contributed by atoms with Gasteiger partial charge in [-0.25, -0.2) is 14.8 Å². The quantitative estimate of drug-likeness (QED) is 0.501. The Morgan fingerprint density at radius 1 is 1.06 bits per heavy atom. The number of carboxylic acid groups (broad SMARTS) is 1. The number of rotatable bonds is 7. The maximum atomic E-state index is 12.3. The number of fused-ring (bicyclic) bond motifs is 1. The molecular weight excluding hydrogens is 410 g/mol. The highest BCUT2D eigenvalue weighted by molar-refractivity contribution is 5.88. The molecule has 1 aliphatic carbocycles. The normalized spacial score (nSPS) is 15.5. The van der Waals surface area contributed by atoms with E-state index < -0.39 is 5.97 Å². The van der Waals surface area contributed by atoms with Crippen LogP contribution < -0.4 is 0 Å². The van der Waals surface area contributed by atoms with Crippen LogP contribution in [0.3, 0.4) is 0 Å². The van der Waals surface area contributed by atoms with Gasteiger partial charge in [0.1, 0.15) is 0 Å². The lowest BCUT2D eigenvalue weighted by Gasteiger charge is -2.33. The molecule has 5 heteroatoms. The van der Waals surface area contributed by atoms with Crippen LogP contribution in [-0.4, -0.2) is 33.0 Å². The summed E-state index contributed by atoms with van der Waals surface area (Å²) in [5.74, 6) is -0.477. The highest BCUT2D eigenvalue weighted by Crippen LogP contribution is 2.35. The SMILES string of the molecule is CCc1cccc(CC)c1-c1nc(C)c(CN(C)C2CCCc3ccccc32)c(C(=O)O)n1. The Morgan fingerprint density at radius 2 is 1.76 bits per heavy atom. The van der Waals surface area contributed by atoms with Crippen LogP contribution in [0.15, 0.2) is 42.5 Å². The maximum absolute atomic E-state index is 12.3. The third kappa shape index (κ3) is 4.55. The Morgan fingerprint density at radius 3 is 2.42 bits per heavy atom. The number of hydrogen-bond acceptors (Lipinski definition) is 4. The van der Waals surface area contributed by atoms with E-state index in [0.717, 1.165) is 54.5 Å². The van der Waals surface area contributed by atoms with Gasteiger partial charge in [-0.3, -0.25) is 4.90 Å². The van der Waals surface area contributed by atoms with Gasteiger partial charge in [0.2, 0.25) is 0 Å². The van der Waals surface area contributed by atoms with Crippen LogP contribution in [-0.2, 0) is 25.8 Å². The zero-order chi connectivity index (χ0) is 23.5. The van der Waals surface area contributed by atoms with Crippen molar-refractivity contribution in [1.82, 2.24) is 14.9 Å². The highest BCUT2D eigenvalue weighted by Gasteiger charge is 2.27. The lowest BCUT2D eigenvalue weighted by molar-refractivity contribution is 0.0687. The molecule has 172 valence electrons. The smallest absolute Gasteiger partial charge is 0.354 e. The lowest BCUT2D eigenvalue weighted by atomic mass is 9.87. The predicted octanol–water partition coefficient (Wildman–Crippen LogP) is 5.78. The van der Waals surface area contributed by atoms with Crippen molar-refractivity contribution in [2.45, 2.75) is 65.5 Å². The second-order valence-electron chi connectivity index (χ2n) is 8.95. The number of aromatic nitrogens is 2. The van der Waals surface area contributed by atoms with E-state index in [0.29, 0.717) is 17.9 Å². The van der Waals surface area contributed by atoms with Crippen molar-refractivity contribution in [1.29, 1.82) is 0 Å². The summed E-state index contributed by atoms with van der Waals surface area (Å²) in [7, 11) is 2.08. The molecule has 3 aromatic rings. The molecule has 33 heavy (non-hydrogen) atoms. The van der Waals surface area contributed by atoms with Crippen LogP contribution in [0.2, 0.25) is 0 Å². The van der Waals surface area contributed by atoms with Crippen LogP contribution in [0.5, 0.6) is 0 Å². The molecule has 1 aliphatic rings. The molecule has 0 aliphatic heterocycles. The molecule has 0 spiro atoms. The number of carbonyl (C=O) groups is 1. The second kappa shape index (κ2) is 9.84. The topological polar surface area (TPSA) is 66.3 Å². The largest absolute Gasteiger partial charge is 0.476 e. The number of hydrogen-bond donors (Lipinski definition) is 1. The molecule has 0 amide bonds. The average molecular weight is 444 g/mol. The van der Waals surface area contributed by atoms with Gasteiger partial charge in [-0.1, -0.05) is 56.3 Å². The first kappa shape index (κ1) is 23.1. The van der Waals surface area contributed by atoms with Crippen molar-refractivity contribution < 1.29 is 9.90 Å². The number of nitrogens with zero attached hydrogens (tertiary/aromatic N) is 3. The second-order valence-corrected chi connectivity index (χ2v) is 8.95. The van der Waals surface area contributed by atoms with Crippen LogP contribution in [0.1, 0.15) is 76.7 Å². The van der Waals surface area contributed by atoms with Gasteiger partial charge in [0.15, 0.2) is 11.5 Å². The van der Waals surface area contributed by atoms with E-state index >= 15 is 0 Å². The first-order chi connectivity index (χ1) is 15.9. The Bertz CT molecular complexity index is 1150. The molecule has 0 bridgehead atoms. The van der Waals surface area contributed by atoms with Crippen LogP contribution in [0.4, 0.5) is 0 Å². The molecule has 1 heterocycles. The van der Waals surface area contributed by atoms with Crippen molar-refractivity contribution in [3.63, 3.8) is 0 Å². The number of benzene rings is 2. The molecule has 0 radical (unpaired) electrons. The van der Waals surface area contributed by atoms with E-state index in [1.165, 1.54) is 11.1 Å². The molecule has 4 rings (SSSR count). The molecule has 0 fully saturated rings. The first-order valence-corrected chi connectivity index (χ1v) is 11.9. The summed E-state index contributed by atoms with van der Waals surface area (Å²) in [4.78, 5) is 24.0. The molecule has 2 aromatic carbocycles. The summed E-state index contributed by atoms with van der Waals surface area (Å²) >= 11 is 0. The summed E-state index contributed by atoms with van der Waals surface area (Å²) in [5.41, 5.74) is 7.57. The summed E-state index contributed by atoms with van der Waals surface area (Å²) < 4.78 is 0. The Labute approximate surface area is 196 Å². The predicted molar refractivity (Wildman–Crippen MR) is 132 cm³/mol. The van der Waals surface area contributed by atoms with Crippen LogP contribution in [0.25, 0.3) is 11.4 Å². The van der Waals surface area contributed by atoms with Crippen LogP contribution >= 0.6 is 0 Å². The molecule has 1 unspecified atom stereocenters. The van der Waals surface area contributed by atoms with E-state index in [4.69, 9.17) is 4.98 Å². The van der Waals surface area contributed by atoms with Crippen molar-refractivity contribution in [3.05, 3.63) is 81.7 Å². The van der Waals surface area contributed by atoms with E-state index in [1.54, 1.807) is 0 Å². The molecule has 1 N–H and O–H groups in total. The zero-order valence-corrected chi connectivity index (χ0v) is 20.1. The number of aromatic carboxylic acids is 1. The number of carboxylic acids is 1. The average Bonchev–Trinajstić information content (AvgIpc) is 2.83. The van der Waals surface area contributed by atoms with Gasteiger partial charge >= 0.3 is 5.97 Å². The van der Waals surface area contributed by atoms with Gasteiger partial charge in [0.25, 0.3) is 0 Å². The van der Waals surface area contributed by atoms with Gasteiger partial charge in [0, 0.05) is 29.4 Å². The van der Waals surface area contributed by atoms with E-state index in [1.807, 2.05) is 6.92 Å². The van der Waals surface area contributed by atoms with E-state index in [-0.39, 0.29) is 11.7 Å². The third-order valence-corrected chi connectivity index (χ3v) is 6.92. The van der Waals surface area contributed by atoms with E-state index in [9.17, 15) is 9.90 Å². The molecular formula is C28H33N3O2. The molecule has 1 aromatic heterocycles. The van der Waals surface area contributed by atoms with Crippen molar-refractivity contribution in [3.8, 4) is 11.4 Å². The fourth-order valence-corrected chi connectivity index (χ4v) is 5.15. The lowest BCUT2D eigenvalue weighted by Crippen LogP contribution is -2.29. The zero-order valence-electron chi connectivity index (χ0n) is 20.1. The molecule has 0 saturated heterocycles. The summed E-state index contributed by atoms with van der Waals surface area (Å²) in [6.45, 7) is 6.63. The fraction of sp³-hybridized carbons (Fsp3) is 0.393. The summed E-state index contributed by atoms with van der Waals surface area (Å²) in [6.07, 6.45) is 5.00. The fourth-order valence-electron chi connectivity index (χ4n) is 5.15. The third-order valence-electron chi connectivity index (χ3n) is 6.92. The number of aryl methyl sites for hydroxylation is 4. The summed E-state index contributed by atoms with van der Waals surface area (Å²) in [5, 5.41) is 10.1. The molecule has 0 saturated carbocycles. The van der Waals surface area contributed by atoms with Gasteiger partial charge in [-0.05, 0) is 68.3 Å². The van der Waals surface area contributed by atoms with Crippen molar-refractivity contribution in [2.24, 2.45) is 0 Å². The Kier molecular flexibility index (Phi) is 6.89. The Balaban J connectivity index is 1.74.